The maximum Gasteiger partial charge on any atom is 0.191 e. The molecule has 0 atom stereocenters. The highest BCUT2D eigenvalue weighted by atomic mass is 32.1. The van der Waals surface area contributed by atoms with Crippen molar-refractivity contribution in [1.29, 1.82) is 0 Å². The Balaban J connectivity index is 1.43. The Morgan fingerprint density at radius 3 is 2.77 bits per heavy atom. The van der Waals surface area contributed by atoms with Gasteiger partial charge in [0.15, 0.2) is 11.1 Å². The molecule has 0 aliphatic carbocycles. The van der Waals surface area contributed by atoms with Gasteiger partial charge in [0, 0.05) is 58.0 Å². The molecule has 9 heteroatoms. The third kappa shape index (κ3) is 6.86. The van der Waals surface area contributed by atoms with Crippen LogP contribution in [0.15, 0.2) is 40.8 Å². The molecule has 0 radical (unpaired) electrons. The molecular formula is C21H32N6O2S. The molecule has 2 heterocycles. The Morgan fingerprint density at radius 2 is 2.03 bits per heavy atom. The normalized spacial score (nSPS) is 15.1. The van der Waals surface area contributed by atoms with E-state index in [-0.39, 0.29) is 0 Å². The van der Waals surface area contributed by atoms with Gasteiger partial charge in [-0.25, -0.2) is 9.98 Å². The van der Waals surface area contributed by atoms with Crippen molar-refractivity contribution in [2.24, 2.45) is 10.7 Å². The maximum atomic E-state index is 6.25. The summed E-state index contributed by atoms with van der Waals surface area (Å²) in [5.41, 5.74) is 7.34. The molecule has 3 rings (SSSR count). The van der Waals surface area contributed by atoms with Crippen LogP contribution in [0.3, 0.4) is 0 Å². The van der Waals surface area contributed by atoms with Crippen LogP contribution in [0.5, 0.6) is 5.75 Å². The number of rotatable bonds is 10. The summed E-state index contributed by atoms with van der Waals surface area (Å²) in [7, 11) is 3.78. The van der Waals surface area contributed by atoms with Crippen LogP contribution in [-0.4, -0.2) is 87.4 Å². The molecule has 1 saturated heterocycles. The lowest BCUT2D eigenvalue weighted by atomic mass is 10.2. The third-order valence-corrected chi connectivity index (χ3v) is 5.87. The van der Waals surface area contributed by atoms with E-state index in [1.165, 1.54) is 0 Å². The fourth-order valence-electron chi connectivity index (χ4n) is 3.18. The smallest absolute Gasteiger partial charge is 0.191 e. The molecule has 2 aromatic rings. The zero-order valence-electron chi connectivity index (χ0n) is 17.9. The quantitative estimate of drug-likeness (QED) is 0.452. The zero-order chi connectivity index (χ0) is 21.2. The van der Waals surface area contributed by atoms with E-state index in [0.717, 1.165) is 62.3 Å². The molecule has 2 N–H and O–H groups in total. The lowest BCUT2D eigenvalue weighted by molar-refractivity contribution is 0.150. The van der Waals surface area contributed by atoms with Crippen molar-refractivity contribution in [2.45, 2.75) is 6.54 Å². The molecule has 164 valence electrons. The van der Waals surface area contributed by atoms with E-state index in [1.54, 1.807) is 18.4 Å². The van der Waals surface area contributed by atoms with E-state index in [0.29, 0.717) is 19.1 Å². The van der Waals surface area contributed by atoms with Gasteiger partial charge in [0.25, 0.3) is 0 Å². The highest BCUT2D eigenvalue weighted by molar-refractivity contribution is 7.13. The third-order valence-electron chi connectivity index (χ3n) is 5.03. The number of methoxy groups -OCH3 is 1. The summed E-state index contributed by atoms with van der Waals surface area (Å²) in [6.07, 6.45) is 1.85. The number of likely N-dealkylation sites (N-methyl/N-ethyl adjacent to an activating group) is 1. The van der Waals surface area contributed by atoms with Crippen molar-refractivity contribution < 1.29 is 9.47 Å². The summed E-state index contributed by atoms with van der Waals surface area (Å²) in [5, 5.41) is 3.08. The van der Waals surface area contributed by atoms with Crippen molar-refractivity contribution in [3.05, 3.63) is 41.4 Å². The standard InChI is InChI=1S/C21H32N6O2S/c1-25(11-13-28-2)12-14-29-19-5-3-4-18(16-19)17-24-20(22)26-7-9-27(10-8-26)21-23-6-15-30-21/h3-6,15-16H,7-14,17H2,1-2H3,(H2,22,24). The molecule has 1 fully saturated rings. The Kier molecular flexibility index (Phi) is 8.73. The van der Waals surface area contributed by atoms with Crippen LogP contribution in [0.25, 0.3) is 0 Å². The Labute approximate surface area is 182 Å². The molecule has 0 unspecified atom stereocenters. The number of thiazole rings is 1. The molecular weight excluding hydrogens is 400 g/mol. The second-order valence-corrected chi connectivity index (χ2v) is 8.13. The van der Waals surface area contributed by atoms with Gasteiger partial charge in [-0.2, -0.15) is 0 Å². The highest BCUT2D eigenvalue weighted by Crippen LogP contribution is 2.19. The van der Waals surface area contributed by atoms with Gasteiger partial charge in [-0.15, -0.1) is 11.3 Å². The monoisotopic (exact) mass is 432 g/mol. The van der Waals surface area contributed by atoms with Gasteiger partial charge in [-0.05, 0) is 24.7 Å². The average molecular weight is 433 g/mol. The lowest BCUT2D eigenvalue weighted by Crippen LogP contribution is -2.51. The van der Waals surface area contributed by atoms with E-state index in [2.05, 4.69) is 37.8 Å². The molecule has 1 aliphatic rings. The molecule has 30 heavy (non-hydrogen) atoms. The van der Waals surface area contributed by atoms with Crippen LogP contribution in [0.2, 0.25) is 0 Å². The van der Waals surface area contributed by atoms with Crippen molar-refractivity contribution in [3.8, 4) is 5.75 Å². The SMILES string of the molecule is COCCN(C)CCOc1cccc(CN=C(N)N2CCN(c3nccs3)CC2)c1. The second-order valence-electron chi connectivity index (χ2n) is 7.26. The highest BCUT2D eigenvalue weighted by Gasteiger charge is 2.19. The number of aromatic nitrogens is 1. The Hall–Kier alpha value is -2.36. The number of hydrogen-bond acceptors (Lipinski definition) is 7. The first-order chi connectivity index (χ1) is 14.7. The van der Waals surface area contributed by atoms with Crippen molar-refractivity contribution >= 4 is 22.4 Å². The first kappa shape index (κ1) is 22.3. The van der Waals surface area contributed by atoms with Gasteiger partial charge in [0.1, 0.15) is 12.4 Å². The topological polar surface area (TPSA) is 79.5 Å². The van der Waals surface area contributed by atoms with Crippen LogP contribution < -0.4 is 15.4 Å². The van der Waals surface area contributed by atoms with Crippen LogP contribution in [-0.2, 0) is 11.3 Å². The van der Waals surface area contributed by atoms with Crippen LogP contribution in [0, 0.1) is 0 Å². The number of anilines is 1. The van der Waals surface area contributed by atoms with Gasteiger partial charge in [0.2, 0.25) is 0 Å². The van der Waals surface area contributed by atoms with Crippen LogP contribution in [0.1, 0.15) is 5.56 Å². The summed E-state index contributed by atoms with van der Waals surface area (Å²) in [5.74, 6) is 1.46. The molecule has 0 bridgehead atoms. The number of hydrogen-bond donors (Lipinski definition) is 1. The summed E-state index contributed by atoms with van der Waals surface area (Å²) in [6.45, 7) is 7.19. The number of ether oxygens (including phenoxy) is 2. The van der Waals surface area contributed by atoms with Crippen LogP contribution in [0.4, 0.5) is 5.13 Å². The minimum Gasteiger partial charge on any atom is -0.492 e. The Bertz CT molecular complexity index is 778. The fourth-order valence-corrected chi connectivity index (χ4v) is 3.88. The largest absolute Gasteiger partial charge is 0.492 e. The van der Waals surface area contributed by atoms with E-state index in [9.17, 15) is 0 Å². The van der Waals surface area contributed by atoms with Gasteiger partial charge < -0.3 is 29.9 Å². The second kappa shape index (κ2) is 11.7. The maximum absolute atomic E-state index is 6.25. The van der Waals surface area contributed by atoms with E-state index < -0.39 is 0 Å². The summed E-state index contributed by atoms with van der Waals surface area (Å²) < 4.78 is 11.0. The van der Waals surface area contributed by atoms with E-state index >= 15 is 0 Å². The molecule has 1 aromatic heterocycles. The predicted molar refractivity (Wildman–Crippen MR) is 123 cm³/mol. The number of aliphatic imine (C=N–C) groups is 1. The minimum absolute atomic E-state index is 0.545. The average Bonchev–Trinajstić information content (AvgIpc) is 3.31. The fraction of sp³-hybridized carbons (Fsp3) is 0.524. The van der Waals surface area contributed by atoms with Gasteiger partial charge in [-0.3, -0.25) is 0 Å². The summed E-state index contributed by atoms with van der Waals surface area (Å²) in [6, 6.07) is 8.06. The van der Waals surface area contributed by atoms with E-state index in [4.69, 9.17) is 15.2 Å². The number of nitrogens with two attached hydrogens (primary N) is 1. The van der Waals surface area contributed by atoms with Crippen molar-refractivity contribution in [3.63, 3.8) is 0 Å². The van der Waals surface area contributed by atoms with Gasteiger partial charge in [0.05, 0.1) is 13.2 Å². The first-order valence-corrected chi connectivity index (χ1v) is 11.1. The molecule has 1 aliphatic heterocycles. The first-order valence-electron chi connectivity index (χ1n) is 10.2. The van der Waals surface area contributed by atoms with E-state index in [1.807, 2.05) is 29.8 Å². The van der Waals surface area contributed by atoms with Crippen LogP contribution >= 0.6 is 11.3 Å². The van der Waals surface area contributed by atoms with Crippen molar-refractivity contribution in [2.75, 3.05) is 71.5 Å². The Morgan fingerprint density at radius 1 is 1.23 bits per heavy atom. The molecule has 8 nitrogen and oxygen atoms in total. The zero-order valence-corrected chi connectivity index (χ0v) is 18.7. The minimum atomic E-state index is 0.545. The molecule has 0 saturated carbocycles. The van der Waals surface area contributed by atoms with Crippen molar-refractivity contribution in [1.82, 2.24) is 14.8 Å². The number of nitrogens with zero attached hydrogens (tertiary/aromatic N) is 5. The molecule has 1 aromatic carbocycles. The number of guanidine groups is 1. The van der Waals surface area contributed by atoms with Gasteiger partial charge >= 0.3 is 0 Å². The number of piperazine rings is 1. The summed E-state index contributed by atoms with van der Waals surface area (Å²) in [4.78, 5) is 15.6. The lowest BCUT2D eigenvalue weighted by Gasteiger charge is -2.35. The molecule has 0 spiro atoms. The van der Waals surface area contributed by atoms with Gasteiger partial charge in [-0.1, -0.05) is 12.1 Å². The summed E-state index contributed by atoms with van der Waals surface area (Å²) >= 11 is 1.67. The molecule has 0 amide bonds. The number of benzene rings is 1. The predicted octanol–water partition coefficient (Wildman–Crippen LogP) is 1.74.